The molecule has 0 aliphatic carbocycles. The monoisotopic (exact) mass is 393 g/mol. The van der Waals surface area contributed by atoms with Crippen molar-refractivity contribution in [2.45, 2.75) is 19.4 Å². The highest BCUT2D eigenvalue weighted by atomic mass is 32.2. The summed E-state index contributed by atoms with van der Waals surface area (Å²) in [6.45, 7) is 6.31. The Labute approximate surface area is 160 Å². The van der Waals surface area contributed by atoms with Crippen molar-refractivity contribution >= 4 is 21.7 Å². The van der Waals surface area contributed by atoms with Crippen molar-refractivity contribution in [3.05, 3.63) is 35.4 Å². The molecule has 0 spiro atoms. The molecule has 0 N–H and O–H groups in total. The molecule has 27 heavy (non-hydrogen) atoms. The first-order valence-electron chi connectivity index (χ1n) is 9.40. The Bertz CT molecular complexity index is 799. The van der Waals surface area contributed by atoms with Gasteiger partial charge >= 0.3 is 0 Å². The summed E-state index contributed by atoms with van der Waals surface area (Å²) in [5.41, 5.74) is 1.04. The summed E-state index contributed by atoms with van der Waals surface area (Å²) in [6, 6.07) is 6.39. The number of carbonyl (C=O) groups excluding carboxylic acids is 2. The van der Waals surface area contributed by atoms with Crippen LogP contribution in [-0.2, 0) is 9.84 Å². The number of carbonyl (C=O) groups is 2. The molecule has 2 amide bonds. The SMILES string of the molecule is CCN1CCN(C(=O)c2ccc(C(=O)N(C)C3CCS(=O)(=O)C3)cc2)CC1. The lowest BCUT2D eigenvalue weighted by atomic mass is 10.1. The molecule has 2 saturated heterocycles. The minimum atomic E-state index is -3.04. The standard InChI is InChI=1S/C19H27N3O4S/c1-3-21-9-11-22(12-10-21)19(24)16-6-4-15(5-7-16)18(23)20(2)17-8-13-27(25,26)14-17/h4-7,17H,3,8-14H2,1-2H3. The van der Waals surface area contributed by atoms with E-state index in [4.69, 9.17) is 0 Å². The molecule has 2 aliphatic rings. The summed E-state index contributed by atoms with van der Waals surface area (Å²) >= 11 is 0. The number of piperazine rings is 1. The van der Waals surface area contributed by atoms with E-state index >= 15 is 0 Å². The zero-order valence-electron chi connectivity index (χ0n) is 15.9. The van der Waals surface area contributed by atoms with Crippen LogP contribution in [0.1, 0.15) is 34.1 Å². The third-order valence-corrected chi connectivity index (χ3v) is 7.31. The predicted octanol–water partition coefficient (Wildman–Crippen LogP) is 0.723. The van der Waals surface area contributed by atoms with E-state index in [1.54, 1.807) is 31.3 Å². The van der Waals surface area contributed by atoms with E-state index in [1.807, 2.05) is 4.90 Å². The quantitative estimate of drug-likeness (QED) is 0.753. The Hall–Kier alpha value is -1.93. The van der Waals surface area contributed by atoms with Crippen LogP contribution in [0.3, 0.4) is 0 Å². The van der Waals surface area contributed by atoms with E-state index in [0.29, 0.717) is 30.6 Å². The van der Waals surface area contributed by atoms with Crippen molar-refractivity contribution < 1.29 is 18.0 Å². The minimum absolute atomic E-state index is 0.0139. The maximum atomic E-state index is 12.6. The van der Waals surface area contributed by atoms with Crippen LogP contribution < -0.4 is 0 Å². The van der Waals surface area contributed by atoms with Crippen molar-refractivity contribution in [3.63, 3.8) is 0 Å². The predicted molar refractivity (Wildman–Crippen MR) is 104 cm³/mol. The van der Waals surface area contributed by atoms with E-state index in [2.05, 4.69) is 11.8 Å². The van der Waals surface area contributed by atoms with Gasteiger partial charge in [-0.05, 0) is 37.2 Å². The van der Waals surface area contributed by atoms with Crippen LogP contribution in [0.25, 0.3) is 0 Å². The highest BCUT2D eigenvalue weighted by Gasteiger charge is 2.33. The molecule has 0 radical (unpaired) electrons. The Morgan fingerprint density at radius 1 is 1.07 bits per heavy atom. The number of sulfone groups is 1. The van der Waals surface area contributed by atoms with Gasteiger partial charge in [0.25, 0.3) is 11.8 Å². The van der Waals surface area contributed by atoms with Crippen LogP contribution >= 0.6 is 0 Å². The van der Waals surface area contributed by atoms with Crippen molar-refractivity contribution in [1.29, 1.82) is 0 Å². The van der Waals surface area contributed by atoms with Gasteiger partial charge in [0.1, 0.15) is 0 Å². The lowest BCUT2D eigenvalue weighted by molar-refractivity contribution is 0.0642. The summed E-state index contributed by atoms with van der Waals surface area (Å²) in [4.78, 5) is 30.9. The maximum absolute atomic E-state index is 12.6. The number of hydrogen-bond acceptors (Lipinski definition) is 5. The molecule has 2 aliphatic heterocycles. The molecule has 1 atom stereocenters. The fourth-order valence-electron chi connectivity index (χ4n) is 3.66. The number of nitrogens with zero attached hydrogens (tertiary/aromatic N) is 3. The highest BCUT2D eigenvalue weighted by Crippen LogP contribution is 2.19. The second-order valence-electron chi connectivity index (χ2n) is 7.28. The normalized spacial score (nSPS) is 22.6. The molecule has 8 heteroatoms. The van der Waals surface area contributed by atoms with E-state index in [1.165, 1.54) is 4.90 Å². The molecule has 0 bridgehead atoms. The molecule has 7 nitrogen and oxygen atoms in total. The van der Waals surface area contributed by atoms with Crippen molar-refractivity contribution in [2.75, 3.05) is 51.3 Å². The second-order valence-corrected chi connectivity index (χ2v) is 9.51. The number of benzene rings is 1. The summed E-state index contributed by atoms with van der Waals surface area (Å²) in [6.07, 6.45) is 0.477. The molecule has 2 heterocycles. The highest BCUT2D eigenvalue weighted by molar-refractivity contribution is 7.91. The fraction of sp³-hybridized carbons (Fsp3) is 0.579. The van der Waals surface area contributed by atoms with Crippen molar-refractivity contribution in [1.82, 2.24) is 14.7 Å². The first kappa shape index (κ1) is 19.8. The molecule has 3 rings (SSSR count). The Morgan fingerprint density at radius 3 is 2.19 bits per heavy atom. The minimum Gasteiger partial charge on any atom is -0.338 e. The Morgan fingerprint density at radius 2 is 1.67 bits per heavy atom. The van der Waals surface area contributed by atoms with Crippen LogP contribution in [0.4, 0.5) is 0 Å². The molecule has 1 unspecified atom stereocenters. The first-order valence-corrected chi connectivity index (χ1v) is 11.2. The van der Waals surface area contributed by atoms with Gasteiger partial charge in [-0.2, -0.15) is 0 Å². The summed E-state index contributed by atoms with van der Waals surface area (Å²) in [5, 5.41) is 0. The van der Waals surface area contributed by atoms with Crippen LogP contribution in [0, 0.1) is 0 Å². The van der Waals surface area contributed by atoms with Gasteiger partial charge in [-0.1, -0.05) is 6.92 Å². The van der Waals surface area contributed by atoms with Gasteiger partial charge < -0.3 is 14.7 Å². The topological polar surface area (TPSA) is 78.0 Å². The van der Waals surface area contributed by atoms with E-state index < -0.39 is 9.84 Å². The van der Waals surface area contributed by atoms with Gasteiger partial charge in [0.15, 0.2) is 9.84 Å². The van der Waals surface area contributed by atoms with Gasteiger partial charge in [0.2, 0.25) is 0 Å². The molecule has 1 aromatic rings. The average Bonchev–Trinajstić information content (AvgIpc) is 3.06. The molecule has 2 fully saturated rings. The molecular formula is C19H27N3O4S. The smallest absolute Gasteiger partial charge is 0.253 e. The summed E-state index contributed by atoms with van der Waals surface area (Å²) in [7, 11) is -1.40. The molecule has 0 saturated carbocycles. The van der Waals surface area contributed by atoms with Crippen LogP contribution in [0.15, 0.2) is 24.3 Å². The van der Waals surface area contributed by atoms with Gasteiger partial charge in [0.05, 0.1) is 11.5 Å². The summed E-state index contributed by atoms with van der Waals surface area (Å²) in [5.74, 6) is -0.0727. The lowest BCUT2D eigenvalue weighted by Gasteiger charge is -2.34. The van der Waals surface area contributed by atoms with Gasteiger partial charge in [0, 0.05) is 50.4 Å². The van der Waals surface area contributed by atoms with Gasteiger partial charge in [-0.15, -0.1) is 0 Å². The van der Waals surface area contributed by atoms with Gasteiger partial charge in [-0.25, -0.2) is 8.42 Å². The average molecular weight is 394 g/mol. The molecule has 0 aromatic heterocycles. The Balaban J connectivity index is 1.63. The van der Waals surface area contributed by atoms with Crippen LogP contribution in [-0.4, -0.2) is 92.3 Å². The molecular weight excluding hydrogens is 366 g/mol. The van der Waals surface area contributed by atoms with Crippen molar-refractivity contribution in [2.24, 2.45) is 0 Å². The maximum Gasteiger partial charge on any atom is 0.253 e. The third-order valence-electron chi connectivity index (χ3n) is 5.56. The van der Waals surface area contributed by atoms with Crippen LogP contribution in [0.2, 0.25) is 0 Å². The lowest BCUT2D eigenvalue weighted by Crippen LogP contribution is -2.48. The number of hydrogen-bond donors (Lipinski definition) is 0. The third kappa shape index (κ3) is 4.50. The molecule has 1 aromatic carbocycles. The van der Waals surface area contributed by atoms with Crippen LogP contribution in [0.5, 0.6) is 0 Å². The number of rotatable bonds is 4. The van der Waals surface area contributed by atoms with E-state index in [9.17, 15) is 18.0 Å². The second kappa shape index (κ2) is 7.98. The van der Waals surface area contributed by atoms with Crippen molar-refractivity contribution in [3.8, 4) is 0 Å². The zero-order chi connectivity index (χ0) is 19.6. The number of amides is 2. The van der Waals surface area contributed by atoms with E-state index in [0.717, 1.165) is 19.6 Å². The molecule has 148 valence electrons. The Kier molecular flexibility index (Phi) is 5.86. The van der Waals surface area contributed by atoms with E-state index in [-0.39, 0.29) is 29.4 Å². The van der Waals surface area contributed by atoms with Gasteiger partial charge in [-0.3, -0.25) is 9.59 Å². The first-order chi connectivity index (χ1) is 12.8. The zero-order valence-corrected chi connectivity index (χ0v) is 16.7. The summed E-state index contributed by atoms with van der Waals surface area (Å²) < 4.78 is 23.3. The number of likely N-dealkylation sites (N-methyl/N-ethyl adjacent to an activating group) is 1. The largest absolute Gasteiger partial charge is 0.338 e. The fourth-order valence-corrected chi connectivity index (χ4v) is 5.43.